The van der Waals surface area contributed by atoms with E-state index >= 15 is 0 Å². The van der Waals surface area contributed by atoms with Gasteiger partial charge in [-0.2, -0.15) is 4.39 Å². The first-order valence-electron chi connectivity index (χ1n) is 5.75. The number of nitro benzene ring substituents is 1. The van der Waals surface area contributed by atoms with Gasteiger partial charge in [-0.15, -0.1) is 0 Å². The van der Waals surface area contributed by atoms with Crippen molar-refractivity contribution in [2.75, 3.05) is 12.1 Å². The Bertz CT molecular complexity index is 690. The summed E-state index contributed by atoms with van der Waals surface area (Å²) in [5.41, 5.74) is 0.0296. The molecule has 0 aliphatic carbocycles. The van der Waals surface area contributed by atoms with E-state index in [1.165, 1.54) is 12.1 Å². The van der Waals surface area contributed by atoms with Crippen LogP contribution >= 0.6 is 0 Å². The number of rotatable bonds is 3. The average Bonchev–Trinajstić information content (AvgIpc) is 2.85. The molecule has 0 saturated heterocycles. The molecule has 2 aromatic carbocycles. The number of hydrogen-bond acceptors (Lipinski definition) is 5. The van der Waals surface area contributed by atoms with Gasteiger partial charge in [0, 0.05) is 11.8 Å². The fourth-order valence-corrected chi connectivity index (χ4v) is 1.93. The molecule has 2 aromatic rings. The maximum atomic E-state index is 13.5. The van der Waals surface area contributed by atoms with Crippen LogP contribution in [0.3, 0.4) is 0 Å². The summed E-state index contributed by atoms with van der Waals surface area (Å²) in [5.74, 6) is 0.249. The Morgan fingerprint density at radius 1 is 1.20 bits per heavy atom. The van der Waals surface area contributed by atoms with Gasteiger partial charge in [-0.25, -0.2) is 0 Å². The standard InChI is InChI=1S/C13H9FN2O4/c14-9-2-1-3-10(13(9)16(17)18)15-8-4-5-11-12(6-8)20-7-19-11/h1-6,15H,7H2. The lowest BCUT2D eigenvalue weighted by molar-refractivity contribution is -0.386. The zero-order valence-corrected chi connectivity index (χ0v) is 10.1. The number of nitrogens with zero attached hydrogens (tertiary/aromatic N) is 1. The molecule has 0 spiro atoms. The lowest BCUT2D eigenvalue weighted by Gasteiger charge is -2.08. The molecule has 7 heteroatoms. The van der Waals surface area contributed by atoms with Gasteiger partial charge in [-0.3, -0.25) is 10.1 Å². The predicted octanol–water partition coefficient (Wildman–Crippen LogP) is 3.21. The number of ether oxygens (including phenoxy) is 2. The van der Waals surface area contributed by atoms with E-state index in [2.05, 4.69) is 5.32 Å². The Morgan fingerprint density at radius 3 is 2.80 bits per heavy atom. The van der Waals surface area contributed by atoms with Crippen molar-refractivity contribution in [3.8, 4) is 11.5 Å². The molecule has 0 saturated carbocycles. The number of nitrogens with one attached hydrogen (secondary N) is 1. The third kappa shape index (κ3) is 2.09. The highest BCUT2D eigenvalue weighted by molar-refractivity contribution is 5.71. The summed E-state index contributed by atoms with van der Waals surface area (Å²) in [4.78, 5) is 10.1. The van der Waals surface area contributed by atoms with Crippen molar-refractivity contribution in [2.24, 2.45) is 0 Å². The van der Waals surface area contributed by atoms with Gasteiger partial charge in [0.1, 0.15) is 5.69 Å². The van der Waals surface area contributed by atoms with E-state index in [1.807, 2.05) is 0 Å². The van der Waals surface area contributed by atoms with Gasteiger partial charge in [0.05, 0.1) is 4.92 Å². The van der Waals surface area contributed by atoms with Crippen LogP contribution in [0.25, 0.3) is 0 Å². The molecule has 0 unspecified atom stereocenters. The van der Waals surface area contributed by atoms with Crippen LogP contribution in [0.1, 0.15) is 0 Å². The lowest BCUT2D eigenvalue weighted by atomic mass is 10.2. The summed E-state index contributed by atoms with van der Waals surface area (Å²) in [6, 6.07) is 8.86. The number of halogens is 1. The number of benzene rings is 2. The maximum Gasteiger partial charge on any atom is 0.327 e. The third-order valence-corrected chi connectivity index (χ3v) is 2.82. The minimum atomic E-state index is -0.888. The van der Waals surface area contributed by atoms with Crippen LogP contribution < -0.4 is 14.8 Å². The van der Waals surface area contributed by atoms with Gasteiger partial charge in [0.15, 0.2) is 11.5 Å². The molecule has 20 heavy (non-hydrogen) atoms. The van der Waals surface area contributed by atoms with Gasteiger partial charge in [0.25, 0.3) is 0 Å². The molecular formula is C13H9FN2O4. The molecular weight excluding hydrogens is 267 g/mol. The smallest absolute Gasteiger partial charge is 0.327 e. The molecule has 0 radical (unpaired) electrons. The second kappa shape index (κ2) is 4.69. The highest BCUT2D eigenvalue weighted by Crippen LogP contribution is 2.36. The van der Waals surface area contributed by atoms with E-state index in [9.17, 15) is 14.5 Å². The highest BCUT2D eigenvalue weighted by atomic mass is 19.1. The van der Waals surface area contributed by atoms with Gasteiger partial charge in [-0.1, -0.05) is 6.07 Å². The van der Waals surface area contributed by atoms with Crippen molar-refractivity contribution >= 4 is 17.1 Å². The number of para-hydroxylation sites is 1. The third-order valence-electron chi connectivity index (χ3n) is 2.82. The molecule has 1 heterocycles. The quantitative estimate of drug-likeness (QED) is 0.688. The fraction of sp³-hybridized carbons (Fsp3) is 0.0769. The van der Waals surface area contributed by atoms with Gasteiger partial charge in [-0.05, 0) is 24.3 Å². The summed E-state index contributed by atoms with van der Waals surface area (Å²) in [5, 5.41) is 13.7. The number of fused-ring (bicyclic) bond motifs is 1. The zero-order valence-electron chi connectivity index (χ0n) is 10.1. The van der Waals surface area contributed by atoms with Crippen LogP contribution in [0.5, 0.6) is 11.5 Å². The molecule has 0 bridgehead atoms. The second-order valence-corrected chi connectivity index (χ2v) is 4.09. The number of nitro groups is 1. The first-order chi connectivity index (χ1) is 9.65. The van der Waals surface area contributed by atoms with Crippen molar-refractivity contribution in [3.63, 3.8) is 0 Å². The number of anilines is 2. The van der Waals surface area contributed by atoms with Crippen molar-refractivity contribution in [1.82, 2.24) is 0 Å². The van der Waals surface area contributed by atoms with Gasteiger partial charge in [0.2, 0.25) is 12.6 Å². The summed E-state index contributed by atoms with van der Waals surface area (Å²) in [6.45, 7) is 0.138. The summed E-state index contributed by atoms with van der Waals surface area (Å²) in [7, 11) is 0. The van der Waals surface area contributed by atoms with E-state index in [-0.39, 0.29) is 12.5 Å². The van der Waals surface area contributed by atoms with Crippen LogP contribution in [-0.4, -0.2) is 11.7 Å². The maximum absolute atomic E-state index is 13.5. The van der Waals surface area contributed by atoms with Crippen LogP contribution in [0.2, 0.25) is 0 Å². The Labute approximate surface area is 112 Å². The van der Waals surface area contributed by atoms with Crippen LogP contribution in [0.15, 0.2) is 36.4 Å². The molecule has 0 aromatic heterocycles. The molecule has 1 aliphatic rings. The molecule has 1 aliphatic heterocycles. The minimum Gasteiger partial charge on any atom is -0.454 e. The summed E-state index contributed by atoms with van der Waals surface area (Å²) in [6.07, 6.45) is 0. The van der Waals surface area contributed by atoms with E-state index in [1.54, 1.807) is 18.2 Å². The summed E-state index contributed by atoms with van der Waals surface area (Å²) >= 11 is 0. The van der Waals surface area contributed by atoms with Crippen LogP contribution in [0, 0.1) is 15.9 Å². The monoisotopic (exact) mass is 276 g/mol. The highest BCUT2D eigenvalue weighted by Gasteiger charge is 2.20. The predicted molar refractivity (Wildman–Crippen MR) is 68.9 cm³/mol. The van der Waals surface area contributed by atoms with Crippen molar-refractivity contribution in [3.05, 3.63) is 52.3 Å². The molecule has 0 atom stereocenters. The Kier molecular flexibility index (Phi) is 2.86. The SMILES string of the molecule is O=[N+]([O-])c1c(F)cccc1Nc1ccc2c(c1)OCO2. The minimum absolute atomic E-state index is 0.0777. The molecule has 102 valence electrons. The van der Waals surface area contributed by atoms with Gasteiger partial charge >= 0.3 is 5.69 Å². The van der Waals surface area contributed by atoms with Crippen molar-refractivity contribution in [1.29, 1.82) is 0 Å². The fourth-order valence-electron chi connectivity index (χ4n) is 1.93. The molecule has 3 rings (SSSR count). The summed E-state index contributed by atoms with van der Waals surface area (Å²) < 4.78 is 23.9. The lowest BCUT2D eigenvalue weighted by Crippen LogP contribution is -1.99. The van der Waals surface area contributed by atoms with Gasteiger partial charge < -0.3 is 14.8 Å². The average molecular weight is 276 g/mol. The second-order valence-electron chi connectivity index (χ2n) is 4.09. The first-order valence-corrected chi connectivity index (χ1v) is 5.75. The topological polar surface area (TPSA) is 73.6 Å². The van der Waals surface area contributed by atoms with E-state index < -0.39 is 16.4 Å². The molecule has 0 amide bonds. The molecule has 0 fully saturated rings. The molecule has 6 nitrogen and oxygen atoms in total. The van der Waals surface area contributed by atoms with Crippen LogP contribution in [-0.2, 0) is 0 Å². The zero-order chi connectivity index (χ0) is 14.1. The van der Waals surface area contributed by atoms with E-state index in [0.717, 1.165) is 6.07 Å². The Hall–Kier alpha value is -2.83. The van der Waals surface area contributed by atoms with E-state index in [4.69, 9.17) is 9.47 Å². The van der Waals surface area contributed by atoms with Crippen molar-refractivity contribution < 1.29 is 18.8 Å². The number of hydrogen-bond donors (Lipinski definition) is 1. The first kappa shape index (κ1) is 12.2. The molecule has 1 N–H and O–H groups in total. The Morgan fingerprint density at radius 2 is 2.00 bits per heavy atom. The Balaban J connectivity index is 1.95. The van der Waals surface area contributed by atoms with Crippen molar-refractivity contribution in [2.45, 2.75) is 0 Å². The van der Waals surface area contributed by atoms with Crippen LogP contribution in [0.4, 0.5) is 21.5 Å². The largest absolute Gasteiger partial charge is 0.454 e. The van der Waals surface area contributed by atoms with E-state index in [0.29, 0.717) is 17.2 Å². The normalized spacial score (nSPS) is 12.2.